The fourth-order valence-electron chi connectivity index (χ4n) is 4.02. The minimum absolute atomic E-state index is 0.485. The van der Waals surface area contributed by atoms with Crippen molar-refractivity contribution in [1.29, 1.82) is 0 Å². The van der Waals surface area contributed by atoms with Gasteiger partial charge >= 0.3 is 0 Å². The van der Waals surface area contributed by atoms with Gasteiger partial charge in [0, 0.05) is 6.54 Å². The lowest BCUT2D eigenvalue weighted by molar-refractivity contribution is 0.224. The van der Waals surface area contributed by atoms with E-state index in [-0.39, 0.29) is 0 Å². The summed E-state index contributed by atoms with van der Waals surface area (Å²) in [5.74, 6) is 0. The van der Waals surface area contributed by atoms with Crippen LogP contribution >= 0.6 is 0 Å². The van der Waals surface area contributed by atoms with Gasteiger partial charge in [-0.25, -0.2) is 0 Å². The molecule has 1 nitrogen and oxygen atoms in total. The largest absolute Gasteiger partial charge is 0.292 e. The number of hydrogen-bond acceptors (Lipinski definition) is 1. The molecular weight excluding hydrogens is 242 g/mol. The topological polar surface area (TPSA) is 3.24 Å². The Kier molecular flexibility index (Phi) is 2.89. The second kappa shape index (κ2) is 4.75. The molecule has 1 atom stereocenters. The summed E-state index contributed by atoms with van der Waals surface area (Å²) in [7, 11) is 0. The number of nitrogens with zero attached hydrogens (tertiary/aromatic N) is 1. The highest BCUT2D eigenvalue weighted by atomic mass is 15.2. The SMILES string of the molecule is CCN1CCc2cccc3c2C1c1ccccc1CC3. The van der Waals surface area contributed by atoms with Crippen LogP contribution < -0.4 is 0 Å². The average Bonchev–Trinajstić information content (AvgIpc) is 2.68. The second-order valence-electron chi connectivity index (χ2n) is 5.97. The van der Waals surface area contributed by atoms with Crippen molar-refractivity contribution in [2.75, 3.05) is 13.1 Å². The Hall–Kier alpha value is -1.60. The van der Waals surface area contributed by atoms with E-state index >= 15 is 0 Å². The van der Waals surface area contributed by atoms with Gasteiger partial charge in [0.1, 0.15) is 0 Å². The number of benzene rings is 2. The molecule has 0 aromatic heterocycles. The zero-order valence-corrected chi connectivity index (χ0v) is 12.1. The predicted molar refractivity (Wildman–Crippen MR) is 83.1 cm³/mol. The minimum Gasteiger partial charge on any atom is -0.292 e. The zero-order valence-electron chi connectivity index (χ0n) is 12.1. The maximum Gasteiger partial charge on any atom is 0.0609 e. The Bertz CT molecular complexity index is 644. The second-order valence-corrected chi connectivity index (χ2v) is 5.97. The van der Waals surface area contributed by atoms with Gasteiger partial charge in [-0.3, -0.25) is 4.90 Å². The number of rotatable bonds is 1. The van der Waals surface area contributed by atoms with Crippen LogP contribution in [0.5, 0.6) is 0 Å². The van der Waals surface area contributed by atoms with Crippen molar-refractivity contribution >= 4 is 0 Å². The highest BCUT2D eigenvalue weighted by Crippen LogP contribution is 2.41. The molecule has 0 spiro atoms. The van der Waals surface area contributed by atoms with E-state index in [0.717, 1.165) is 6.54 Å². The molecule has 0 amide bonds. The van der Waals surface area contributed by atoms with Crippen molar-refractivity contribution in [2.24, 2.45) is 0 Å². The van der Waals surface area contributed by atoms with E-state index in [9.17, 15) is 0 Å². The van der Waals surface area contributed by atoms with Crippen molar-refractivity contribution < 1.29 is 0 Å². The molecule has 0 radical (unpaired) electrons. The van der Waals surface area contributed by atoms with Crippen LogP contribution in [0, 0.1) is 0 Å². The first-order chi connectivity index (χ1) is 9.88. The molecular formula is C19H21N. The van der Waals surface area contributed by atoms with E-state index in [1.165, 1.54) is 25.8 Å². The van der Waals surface area contributed by atoms with E-state index in [1.807, 2.05) is 0 Å². The first-order valence-electron chi connectivity index (χ1n) is 7.81. The van der Waals surface area contributed by atoms with Crippen LogP contribution in [0.1, 0.15) is 40.8 Å². The fourth-order valence-corrected chi connectivity index (χ4v) is 4.02. The van der Waals surface area contributed by atoms with Crippen LogP contribution in [0.3, 0.4) is 0 Å². The summed E-state index contributed by atoms with van der Waals surface area (Å²) in [6.07, 6.45) is 3.57. The van der Waals surface area contributed by atoms with Gasteiger partial charge in [-0.15, -0.1) is 0 Å². The quantitative estimate of drug-likeness (QED) is 0.757. The van der Waals surface area contributed by atoms with E-state index < -0.39 is 0 Å². The maximum absolute atomic E-state index is 2.65. The van der Waals surface area contributed by atoms with Crippen molar-refractivity contribution in [3.05, 3.63) is 70.3 Å². The summed E-state index contributed by atoms with van der Waals surface area (Å²) in [6.45, 7) is 4.61. The molecule has 2 aromatic rings. The van der Waals surface area contributed by atoms with Crippen LogP contribution in [0.2, 0.25) is 0 Å². The third kappa shape index (κ3) is 1.73. The molecule has 102 valence electrons. The van der Waals surface area contributed by atoms with Crippen LogP contribution in [-0.4, -0.2) is 18.0 Å². The van der Waals surface area contributed by atoms with Gasteiger partial charge < -0.3 is 0 Å². The lowest BCUT2D eigenvalue weighted by atomic mass is 9.85. The molecule has 1 unspecified atom stereocenters. The smallest absolute Gasteiger partial charge is 0.0609 e. The molecule has 2 aliphatic rings. The molecule has 0 saturated heterocycles. The maximum atomic E-state index is 2.65. The van der Waals surface area contributed by atoms with Crippen molar-refractivity contribution in [3.63, 3.8) is 0 Å². The van der Waals surface area contributed by atoms with Gasteiger partial charge in [-0.1, -0.05) is 49.4 Å². The summed E-state index contributed by atoms with van der Waals surface area (Å²) >= 11 is 0. The summed E-state index contributed by atoms with van der Waals surface area (Å²) in [5, 5.41) is 0. The summed E-state index contributed by atoms with van der Waals surface area (Å²) in [5.41, 5.74) is 7.85. The Morgan fingerprint density at radius 3 is 2.45 bits per heavy atom. The number of aryl methyl sites for hydroxylation is 2. The molecule has 1 heteroatoms. The highest BCUT2D eigenvalue weighted by Gasteiger charge is 2.32. The molecule has 0 fully saturated rings. The molecule has 1 aliphatic carbocycles. The average molecular weight is 263 g/mol. The minimum atomic E-state index is 0.485. The molecule has 1 aliphatic heterocycles. The lowest BCUT2D eigenvalue weighted by Crippen LogP contribution is -2.36. The Morgan fingerprint density at radius 1 is 0.900 bits per heavy atom. The molecule has 0 saturated carbocycles. The zero-order chi connectivity index (χ0) is 13.5. The molecule has 20 heavy (non-hydrogen) atoms. The van der Waals surface area contributed by atoms with Crippen molar-refractivity contribution in [2.45, 2.75) is 32.2 Å². The first-order valence-corrected chi connectivity index (χ1v) is 7.81. The highest BCUT2D eigenvalue weighted by molar-refractivity contribution is 5.49. The third-order valence-corrected chi connectivity index (χ3v) is 5.01. The van der Waals surface area contributed by atoms with E-state index in [0.29, 0.717) is 6.04 Å². The van der Waals surface area contributed by atoms with Crippen molar-refractivity contribution in [3.8, 4) is 0 Å². The number of likely N-dealkylation sites (N-methyl/N-ethyl adjacent to an activating group) is 1. The van der Waals surface area contributed by atoms with Gasteiger partial charge in [0.15, 0.2) is 0 Å². The Labute approximate surface area is 121 Å². The number of fused-ring (bicyclic) bond motifs is 2. The van der Waals surface area contributed by atoms with E-state index in [4.69, 9.17) is 0 Å². The normalized spacial score (nSPS) is 20.9. The van der Waals surface area contributed by atoms with Gasteiger partial charge in [-0.2, -0.15) is 0 Å². The van der Waals surface area contributed by atoms with Crippen LogP contribution in [0.4, 0.5) is 0 Å². The number of hydrogen-bond donors (Lipinski definition) is 0. The van der Waals surface area contributed by atoms with Crippen LogP contribution in [0.25, 0.3) is 0 Å². The van der Waals surface area contributed by atoms with Gasteiger partial charge in [-0.05, 0) is 53.6 Å². The molecule has 0 bridgehead atoms. The molecule has 1 heterocycles. The van der Waals surface area contributed by atoms with Crippen LogP contribution in [-0.2, 0) is 19.3 Å². The summed E-state index contributed by atoms with van der Waals surface area (Å²) < 4.78 is 0. The van der Waals surface area contributed by atoms with Crippen molar-refractivity contribution in [1.82, 2.24) is 4.90 Å². The summed E-state index contributed by atoms with van der Waals surface area (Å²) in [6, 6.07) is 16.5. The van der Waals surface area contributed by atoms with E-state index in [1.54, 1.807) is 27.8 Å². The lowest BCUT2D eigenvalue weighted by Gasteiger charge is -2.38. The Morgan fingerprint density at radius 2 is 1.60 bits per heavy atom. The van der Waals surface area contributed by atoms with Gasteiger partial charge in [0.2, 0.25) is 0 Å². The molecule has 2 aromatic carbocycles. The predicted octanol–water partition coefficient (Wildman–Crippen LogP) is 3.75. The van der Waals surface area contributed by atoms with Gasteiger partial charge in [0.25, 0.3) is 0 Å². The molecule has 4 rings (SSSR count). The molecule has 0 N–H and O–H groups in total. The van der Waals surface area contributed by atoms with Crippen LogP contribution in [0.15, 0.2) is 42.5 Å². The standard InChI is InChI=1S/C19H21N/c1-2-20-13-12-16-8-5-7-15-11-10-14-6-3-4-9-17(14)19(20)18(15)16/h3-9,19H,2,10-13H2,1H3. The fraction of sp³-hybridized carbons (Fsp3) is 0.368. The summed E-state index contributed by atoms with van der Waals surface area (Å²) in [4.78, 5) is 2.65. The first kappa shape index (κ1) is 12.2. The van der Waals surface area contributed by atoms with Gasteiger partial charge in [0.05, 0.1) is 6.04 Å². The Balaban J connectivity index is 1.98. The third-order valence-electron chi connectivity index (χ3n) is 5.01. The monoisotopic (exact) mass is 263 g/mol. The van der Waals surface area contributed by atoms with E-state index in [2.05, 4.69) is 54.3 Å².